The van der Waals surface area contributed by atoms with Gasteiger partial charge in [0.15, 0.2) is 0 Å². The largest absolute Gasteiger partial charge is 0.370 e. The molecule has 7 heteroatoms. The molecule has 0 bridgehead atoms. The zero-order chi connectivity index (χ0) is 15.3. The molecule has 1 aromatic rings. The number of piperazine rings is 1. The van der Waals surface area contributed by atoms with Crippen molar-refractivity contribution < 1.29 is 14.3 Å². The number of carbonyl (C=O) groups excluding carboxylic acids is 2. The zero-order valence-electron chi connectivity index (χ0n) is 12.0. The highest BCUT2D eigenvalue weighted by Gasteiger charge is 2.51. The molecular formula is C15H17BrN2O3S. The van der Waals surface area contributed by atoms with Gasteiger partial charge < -0.3 is 15.0 Å². The van der Waals surface area contributed by atoms with Crippen LogP contribution in [0.4, 0.5) is 0 Å². The van der Waals surface area contributed by atoms with Gasteiger partial charge in [-0.05, 0) is 52.2 Å². The molecule has 2 unspecified atom stereocenters. The van der Waals surface area contributed by atoms with Crippen LogP contribution in [-0.2, 0) is 20.7 Å². The second kappa shape index (κ2) is 5.32. The van der Waals surface area contributed by atoms with Crippen molar-refractivity contribution in [2.75, 3.05) is 13.2 Å². The van der Waals surface area contributed by atoms with E-state index in [0.717, 1.165) is 28.6 Å². The van der Waals surface area contributed by atoms with E-state index >= 15 is 0 Å². The number of ether oxygens (including phenoxy) is 1. The number of carbonyl (C=O) groups is 2. The molecule has 4 rings (SSSR count). The summed E-state index contributed by atoms with van der Waals surface area (Å²) in [5.41, 5.74) is 0.889. The van der Waals surface area contributed by atoms with Crippen LogP contribution in [-0.4, -0.2) is 47.6 Å². The molecule has 2 atom stereocenters. The Kier molecular flexibility index (Phi) is 3.54. The van der Waals surface area contributed by atoms with E-state index < -0.39 is 12.1 Å². The highest BCUT2D eigenvalue weighted by molar-refractivity contribution is 9.11. The van der Waals surface area contributed by atoms with E-state index in [1.165, 1.54) is 0 Å². The van der Waals surface area contributed by atoms with Gasteiger partial charge in [0, 0.05) is 6.42 Å². The molecule has 3 heterocycles. The van der Waals surface area contributed by atoms with Crippen LogP contribution < -0.4 is 5.32 Å². The van der Waals surface area contributed by atoms with Gasteiger partial charge in [-0.2, -0.15) is 0 Å². The summed E-state index contributed by atoms with van der Waals surface area (Å²) in [5.74, 6) is -0.0606. The number of thiophene rings is 1. The normalized spacial score (nSPS) is 30.0. The van der Waals surface area contributed by atoms with Crippen LogP contribution in [0.25, 0.3) is 0 Å². The minimum Gasteiger partial charge on any atom is -0.370 e. The molecule has 1 aliphatic carbocycles. The molecule has 1 saturated carbocycles. The molecule has 3 fully saturated rings. The Hall–Kier alpha value is -0.920. The van der Waals surface area contributed by atoms with Crippen LogP contribution in [0.5, 0.6) is 0 Å². The smallest absolute Gasteiger partial charge is 0.246 e. The Bertz CT molecular complexity index is 628. The van der Waals surface area contributed by atoms with Gasteiger partial charge in [-0.1, -0.05) is 0 Å². The number of hydrogen-bond acceptors (Lipinski definition) is 4. The van der Waals surface area contributed by atoms with Crippen molar-refractivity contribution in [2.45, 2.75) is 43.4 Å². The molecular weight excluding hydrogens is 368 g/mol. The lowest BCUT2D eigenvalue weighted by Crippen LogP contribution is -2.71. The van der Waals surface area contributed by atoms with Crippen LogP contribution in [0.15, 0.2) is 15.2 Å². The number of rotatable bonds is 2. The third-order valence-corrected chi connectivity index (χ3v) is 6.46. The lowest BCUT2D eigenvalue weighted by molar-refractivity contribution is -0.192. The molecule has 5 nitrogen and oxygen atoms in total. The quantitative estimate of drug-likeness (QED) is 0.843. The van der Waals surface area contributed by atoms with Crippen molar-refractivity contribution in [3.05, 3.63) is 20.8 Å². The van der Waals surface area contributed by atoms with Crippen LogP contribution in [0.3, 0.4) is 0 Å². The summed E-state index contributed by atoms with van der Waals surface area (Å²) in [5, 5.41) is 4.88. The predicted molar refractivity (Wildman–Crippen MR) is 85.7 cm³/mol. The van der Waals surface area contributed by atoms with Gasteiger partial charge in [-0.3, -0.25) is 9.59 Å². The van der Waals surface area contributed by atoms with Crippen LogP contribution in [0, 0.1) is 0 Å². The molecule has 2 aliphatic heterocycles. The highest BCUT2D eigenvalue weighted by Crippen LogP contribution is 2.40. The van der Waals surface area contributed by atoms with E-state index in [4.69, 9.17) is 4.74 Å². The second-order valence-corrected chi connectivity index (χ2v) is 8.64. The summed E-state index contributed by atoms with van der Waals surface area (Å²) in [6, 6.07) is 1.09. The Morgan fingerprint density at radius 2 is 2.27 bits per heavy atom. The maximum absolute atomic E-state index is 12.8. The van der Waals surface area contributed by atoms with Crippen molar-refractivity contribution >= 4 is 39.1 Å². The van der Waals surface area contributed by atoms with Crippen LogP contribution in [0.2, 0.25) is 0 Å². The fourth-order valence-electron chi connectivity index (χ4n) is 3.49. The summed E-state index contributed by atoms with van der Waals surface area (Å²) in [7, 11) is 0. The molecule has 1 N–H and O–H groups in total. The number of morpholine rings is 1. The monoisotopic (exact) mass is 384 g/mol. The first-order chi connectivity index (χ1) is 10.6. The average Bonchev–Trinajstić information content (AvgIpc) is 2.87. The maximum atomic E-state index is 12.8. The van der Waals surface area contributed by atoms with Gasteiger partial charge in [0.1, 0.15) is 12.1 Å². The molecule has 2 saturated heterocycles. The fourth-order valence-corrected chi connectivity index (χ4v) is 4.71. The molecule has 22 heavy (non-hydrogen) atoms. The summed E-state index contributed by atoms with van der Waals surface area (Å²) < 4.78 is 6.92. The molecule has 0 radical (unpaired) electrons. The van der Waals surface area contributed by atoms with Gasteiger partial charge >= 0.3 is 0 Å². The summed E-state index contributed by atoms with van der Waals surface area (Å²) >= 11 is 5.02. The Morgan fingerprint density at radius 1 is 1.45 bits per heavy atom. The topological polar surface area (TPSA) is 58.6 Å². The lowest BCUT2D eigenvalue weighted by atomic mass is 9.78. The third kappa shape index (κ3) is 2.39. The second-order valence-electron chi connectivity index (χ2n) is 6.35. The predicted octanol–water partition coefficient (Wildman–Crippen LogP) is 1.70. The molecule has 3 aliphatic rings. The van der Waals surface area contributed by atoms with Crippen molar-refractivity contribution in [1.29, 1.82) is 0 Å². The number of fused-ring (bicyclic) bond motifs is 1. The van der Waals surface area contributed by atoms with E-state index in [1.807, 2.05) is 11.4 Å². The minimum atomic E-state index is -0.458. The van der Waals surface area contributed by atoms with Gasteiger partial charge in [0.05, 0.1) is 22.5 Å². The van der Waals surface area contributed by atoms with Crippen molar-refractivity contribution in [3.8, 4) is 0 Å². The van der Waals surface area contributed by atoms with E-state index in [9.17, 15) is 9.59 Å². The highest BCUT2D eigenvalue weighted by atomic mass is 79.9. The Morgan fingerprint density at radius 3 is 2.91 bits per heavy atom. The van der Waals surface area contributed by atoms with E-state index in [1.54, 1.807) is 16.2 Å². The van der Waals surface area contributed by atoms with Crippen molar-refractivity contribution in [1.82, 2.24) is 10.2 Å². The lowest BCUT2D eigenvalue weighted by Gasteiger charge is -2.53. The molecule has 118 valence electrons. The van der Waals surface area contributed by atoms with Gasteiger partial charge in [0.2, 0.25) is 11.8 Å². The molecule has 2 amide bonds. The number of amides is 2. The molecule has 0 aromatic carbocycles. The Balaban J connectivity index is 1.53. The molecule has 1 spiro atoms. The number of nitrogens with one attached hydrogen (secondary N) is 1. The fraction of sp³-hybridized carbons (Fsp3) is 0.600. The minimum absolute atomic E-state index is 0.0292. The first-order valence-electron chi connectivity index (χ1n) is 7.54. The van der Waals surface area contributed by atoms with Gasteiger partial charge in [-0.15, -0.1) is 11.3 Å². The van der Waals surface area contributed by atoms with E-state index in [-0.39, 0.29) is 17.4 Å². The van der Waals surface area contributed by atoms with Crippen LogP contribution in [0.1, 0.15) is 24.8 Å². The standard InChI is InChI=1S/C15H17BrN2O3S/c16-12-5-9(7-22-12)4-10-14(20)18-8-15(2-1-3-15)21-6-11(18)13(19)17-10/h5,7,10-11H,1-4,6,8H2,(H,17,19). The van der Waals surface area contributed by atoms with E-state index in [2.05, 4.69) is 21.2 Å². The van der Waals surface area contributed by atoms with E-state index in [0.29, 0.717) is 19.6 Å². The zero-order valence-corrected chi connectivity index (χ0v) is 14.4. The summed E-state index contributed by atoms with van der Waals surface area (Å²) in [6.07, 6.45) is 3.68. The van der Waals surface area contributed by atoms with Gasteiger partial charge in [-0.25, -0.2) is 0 Å². The van der Waals surface area contributed by atoms with Crippen molar-refractivity contribution in [2.24, 2.45) is 0 Å². The number of halogens is 1. The van der Waals surface area contributed by atoms with Crippen LogP contribution >= 0.6 is 27.3 Å². The van der Waals surface area contributed by atoms with Gasteiger partial charge in [0.25, 0.3) is 0 Å². The summed E-state index contributed by atoms with van der Waals surface area (Å²) in [6.45, 7) is 0.891. The SMILES string of the molecule is O=C1NC(Cc2csc(Br)c2)C(=O)N2CC3(CCC3)OCC12. The number of hydrogen-bond donors (Lipinski definition) is 1. The summed E-state index contributed by atoms with van der Waals surface area (Å²) in [4.78, 5) is 26.9. The maximum Gasteiger partial charge on any atom is 0.246 e. The number of nitrogens with zero attached hydrogens (tertiary/aromatic N) is 1. The van der Waals surface area contributed by atoms with Crippen molar-refractivity contribution in [3.63, 3.8) is 0 Å². The molecule has 1 aromatic heterocycles. The first-order valence-corrected chi connectivity index (χ1v) is 9.21. The first kappa shape index (κ1) is 14.7. The third-order valence-electron chi connectivity index (χ3n) is 4.91. The average molecular weight is 385 g/mol. The Labute approximate surface area is 141 Å².